The van der Waals surface area contributed by atoms with E-state index in [1.165, 1.54) is 35.8 Å². The summed E-state index contributed by atoms with van der Waals surface area (Å²) in [5, 5.41) is 19.7. The quantitative estimate of drug-likeness (QED) is 0.612. The van der Waals surface area contributed by atoms with Crippen LogP contribution in [-0.4, -0.2) is 26.7 Å². The Morgan fingerprint density at radius 1 is 1.13 bits per heavy atom. The largest absolute Gasteiger partial charge is 0.505 e. The van der Waals surface area contributed by atoms with Gasteiger partial charge in [0.15, 0.2) is 11.6 Å². The number of aromatic hydroxyl groups is 1. The van der Waals surface area contributed by atoms with Gasteiger partial charge in [0.1, 0.15) is 5.82 Å². The zero-order chi connectivity index (χ0) is 22.4. The van der Waals surface area contributed by atoms with Gasteiger partial charge in [0.25, 0.3) is 5.91 Å². The summed E-state index contributed by atoms with van der Waals surface area (Å²) in [5.74, 6) is -5.11. The highest BCUT2D eigenvalue weighted by molar-refractivity contribution is 6.05. The number of hydrogen-bond acceptors (Lipinski definition) is 3. The highest BCUT2D eigenvalue weighted by Crippen LogP contribution is 2.41. The molecule has 158 valence electrons. The minimum Gasteiger partial charge on any atom is -0.505 e. The Morgan fingerprint density at radius 2 is 1.80 bits per heavy atom. The van der Waals surface area contributed by atoms with Gasteiger partial charge in [0.2, 0.25) is 0 Å². The fourth-order valence-corrected chi connectivity index (χ4v) is 3.84. The van der Waals surface area contributed by atoms with E-state index < -0.39 is 40.6 Å². The van der Waals surface area contributed by atoms with Crippen LogP contribution in [0.2, 0.25) is 0 Å². The number of carboxylic acid groups (broad SMARTS) is 1. The zero-order valence-electron chi connectivity index (χ0n) is 17.2. The van der Waals surface area contributed by atoms with Gasteiger partial charge >= 0.3 is 5.97 Å². The Balaban J connectivity index is 2.36. The summed E-state index contributed by atoms with van der Waals surface area (Å²) in [7, 11) is 0. The van der Waals surface area contributed by atoms with E-state index in [1.807, 2.05) is 20.8 Å². The maximum absolute atomic E-state index is 15.0. The van der Waals surface area contributed by atoms with Gasteiger partial charge in [-0.1, -0.05) is 26.8 Å². The number of phenols is 1. The second-order valence-corrected chi connectivity index (χ2v) is 8.60. The molecule has 7 heteroatoms. The van der Waals surface area contributed by atoms with E-state index in [0.29, 0.717) is 0 Å². The van der Waals surface area contributed by atoms with Gasteiger partial charge in [-0.15, -0.1) is 0 Å². The Morgan fingerprint density at radius 3 is 2.37 bits per heavy atom. The molecule has 0 radical (unpaired) electrons. The minimum atomic E-state index is -1.16. The summed E-state index contributed by atoms with van der Waals surface area (Å²) >= 11 is 0. The topological polar surface area (TPSA) is 79.5 Å². The summed E-state index contributed by atoms with van der Waals surface area (Å²) in [6.45, 7) is 7.12. The molecule has 2 aromatic carbocycles. The molecular formula is C23H23F2NO4. The molecule has 1 aromatic heterocycles. The number of hydrogen-bond donors (Lipinski definition) is 2. The number of rotatable bonds is 4. The molecule has 1 atom stereocenters. The van der Waals surface area contributed by atoms with Crippen molar-refractivity contribution < 1.29 is 28.6 Å². The lowest BCUT2D eigenvalue weighted by molar-refractivity contribution is -0.139. The van der Waals surface area contributed by atoms with Gasteiger partial charge in [-0.05, 0) is 54.7 Å². The Kier molecular flexibility index (Phi) is 5.41. The average Bonchev–Trinajstić information content (AvgIpc) is 2.94. The first-order valence-corrected chi connectivity index (χ1v) is 9.48. The first-order valence-electron chi connectivity index (χ1n) is 9.48. The van der Waals surface area contributed by atoms with Crippen molar-refractivity contribution in [3.05, 3.63) is 64.9 Å². The van der Waals surface area contributed by atoms with Crippen LogP contribution < -0.4 is 0 Å². The maximum atomic E-state index is 15.0. The van der Waals surface area contributed by atoms with Crippen LogP contribution in [0, 0.1) is 24.0 Å². The normalized spacial score (nSPS) is 12.9. The Hall–Kier alpha value is -3.22. The number of aliphatic carboxylic acids is 1. The highest BCUT2D eigenvalue weighted by atomic mass is 19.1. The highest BCUT2D eigenvalue weighted by Gasteiger charge is 2.34. The molecule has 3 rings (SSSR count). The fraction of sp³-hybridized carbons (Fsp3) is 0.304. The van der Waals surface area contributed by atoms with Crippen LogP contribution in [0.4, 0.5) is 8.78 Å². The van der Waals surface area contributed by atoms with Crippen molar-refractivity contribution in [3.8, 4) is 5.75 Å². The molecule has 0 aliphatic carbocycles. The zero-order valence-corrected chi connectivity index (χ0v) is 17.2. The SMILES string of the molecule is Cc1c(C(CC(C)(C)C)C(=O)O)c2c(F)c(O)ccc2n1C(=O)c1cccc(F)c1. The van der Waals surface area contributed by atoms with Gasteiger partial charge < -0.3 is 10.2 Å². The van der Waals surface area contributed by atoms with E-state index in [4.69, 9.17) is 0 Å². The van der Waals surface area contributed by atoms with E-state index in [9.17, 15) is 24.2 Å². The third-order valence-electron chi connectivity index (χ3n) is 5.07. The number of fused-ring (bicyclic) bond motifs is 1. The number of phenolic OH excluding ortho intramolecular Hbond substituents is 1. The average molecular weight is 415 g/mol. The number of benzene rings is 2. The molecule has 3 aromatic rings. The standard InChI is InChI=1S/C23H23F2NO4/c1-12-18(15(22(29)30)11-23(2,3)4)19-16(8-9-17(27)20(19)25)26(12)21(28)13-6-5-7-14(24)10-13/h5-10,15,27H,11H2,1-4H3,(H,29,30). The summed E-state index contributed by atoms with van der Waals surface area (Å²) in [4.78, 5) is 25.3. The molecule has 30 heavy (non-hydrogen) atoms. The lowest BCUT2D eigenvalue weighted by atomic mass is 9.80. The van der Waals surface area contributed by atoms with Crippen molar-refractivity contribution in [2.75, 3.05) is 0 Å². The Labute approximate surface area is 172 Å². The maximum Gasteiger partial charge on any atom is 0.311 e. The third kappa shape index (κ3) is 3.79. The lowest BCUT2D eigenvalue weighted by Gasteiger charge is -2.24. The van der Waals surface area contributed by atoms with Crippen molar-refractivity contribution in [3.63, 3.8) is 0 Å². The van der Waals surface area contributed by atoms with Gasteiger partial charge in [-0.3, -0.25) is 14.2 Å². The number of carbonyl (C=O) groups is 2. The van der Waals surface area contributed by atoms with Crippen LogP contribution in [0.15, 0.2) is 36.4 Å². The van der Waals surface area contributed by atoms with Gasteiger partial charge in [-0.25, -0.2) is 8.78 Å². The van der Waals surface area contributed by atoms with Crippen LogP contribution in [0.5, 0.6) is 5.75 Å². The first-order chi connectivity index (χ1) is 13.9. The number of halogens is 2. The first kappa shape index (κ1) is 21.5. The van der Waals surface area contributed by atoms with Crippen LogP contribution in [0.3, 0.4) is 0 Å². The molecule has 2 N–H and O–H groups in total. The van der Waals surface area contributed by atoms with E-state index in [-0.39, 0.29) is 34.1 Å². The molecule has 0 fully saturated rings. The molecule has 0 saturated carbocycles. The van der Waals surface area contributed by atoms with E-state index in [1.54, 1.807) is 0 Å². The van der Waals surface area contributed by atoms with Crippen LogP contribution in [0.1, 0.15) is 54.7 Å². The molecule has 0 aliphatic rings. The molecule has 1 heterocycles. The van der Waals surface area contributed by atoms with Crippen molar-refractivity contribution in [1.82, 2.24) is 4.57 Å². The molecule has 5 nitrogen and oxygen atoms in total. The van der Waals surface area contributed by atoms with Crippen LogP contribution in [0.25, 0.3) is 10.9 Å². The smallest absolute Gasteiger partial charge is 0.311 e. The van der Waals surface area contributed by atoms with Gasteiger partial charge in [0.05, 0.1) is 11.4 Å². The van der Waals surface area contributed by atoms with Crippen molar-refractivity contribution in [1.29, 1.82) is 0 Å². The number of nitrogens with zero attached hydrogens (tertiary/aromatic N) is 1. The van der Waals surface area contributed by atoms with Crippen molar-refractivity contribution >= 4 is 22.8 Å². The monoisotopic (exact) mass is 415 g/mol. The predicted molar refractivity (Wildman–Crippen MR) is 109 cm³/mol. The molecule has 0 amide bonds. The minimum absolute atomic E-state index is 0.0396. The summed E-state index contributed by atoms with van der Waals surface area (Å²) in [5.41, 5.74) is 0.125. The molecule has 0 spiro atoms. The molecule has 0 saturated heterocycles. The predicted octanol–water partition coefficient (Wildman–Crippen LogP) is 5.23. The fourth-order valence-electron chi connectivity index (χ4n) is 3.84. The van der Waals surface area contributed by atoms with E-state index in [0.717, 1.165) is 12.1 Å². The number of carbonyl (C=O) groups excluding carboxylic acids is 1. The third-order valence-corrected chi connectivity index (χ3v) is 5.07. The van der Waals surface area contributed by atoms with Gasteiger partial charge in [-0.2, -0.15) is 0 Å². The van der Waals surface area contributed by atoms with E-state index >= 15 is 4.39 Å². The Bertz CT molecular complexity index is 1160. The molecular weight excluding hydrogens is 392 g/mol. The second kappa shape index (κ2) is 7.55. The molecule has 1 unspecified atom stereocenters. The summed E-state index contributed by atoms with van der Waals surface area (Å²) < 4.78 is 29.9. The summed E-state index contributed by atoms with van der Waals surface area (Å²) in [6.07, 6.45) is 0.186. The van der Waals surface area contributed by atoms with Crippen LogP contribution in [-0.2, 0) is 4.79 Å². The lowest BCUT2D eigenvalue weighted by Crippen LogP contribution is -2.21. The van der Waals surface area contributed by atoms with Crippen molar-refractivity contribution in [2.24, 2.45) is 5.41 Å². The second-order valence-electron chi connectivity index (χ2n) is 8.60. The molecule has 0 bridgehead atoms. The van der Waals surface area contributed by atoms with Gasteiger partial charge in [0, 0.05) is 16.6 Å². The summed E-state index contributed by atoms with van der Waals surface area (Å²) in [6, 6.07) is 7.54. The van der Waals surface area contributed by atoms with E-state index in [2.05, 4.69) is 0 Å². The number of aromatic nitrogens is 1. The van der Waals surface area contributed by atoms with Crippen LogP contribution >= 0.6 is 0 Å². The molecule has 0 aliphatic heterocycles. The van der Waals surface area contributed by atoms with Crippen molar-refractivity contribution in [2.45, 2.75) is 40.0 Å². The number of carboxylic acids is 1.